The van der Waals surface area contributed by atoms with E-state index in [4.69, 9.17) is 0 Å². The molecule has 3 unspecified atom stereocenters. The first-order valence-corrected chi connectivity index (χ1v) is 10.7. The van der Waals surface area contributed by atoms with E-state index in [0.717, 1.165) is 23.7 Å². The van der Waals surface area contributed by atoms with Gasteiger partial charge in [0.05, 0.1) is 0 Å². The third kappa shape index (κ3) is 2.28. The lowest BCUT2D eigenvalue weighted by molar-refractivity contribution is -0.138. The summed E-state index contributed by atoms with van der Waals surface area (Å²) in [4.78, 5) is 12.2. The molecule has 0 aromatic heterocycles. The Labute approximate surface area is 149 Å². The minimum Gasteiger partial charge on any atom is -0.300 e. The van der Waals surface area contributed by atoms with E-state index < -0.39 is 0 Å². The molecule has 0 aliphatic heterocycles. The predicted octanol–water partition coefficient (Wildman–Crippen LogP) is 6.26. The maximum atomic E-state index is 12.2. The summed E-state index contributed by atoms with van der Waals surface area (Å²) in [7, 11) is 0. The van der Waals surface area contributed by atoms with Gasteiger partial charge in [0, 0.05) is 5.92 Å². The Morgan fingerprint density at radius 1 is 0.792 bits per heavy atom. The van der Waals surface area contributed by atoms with E-state index in [0.29, 0.717) is 27.9 Å². The van der Waals surface area contributed by atoms with Gasteiger partial charge in [-0.15, -0.1) is 0 Å². The summed E-state index contributed by atoms with van der Waals surface area (Å²) in [6.07, 6.45) is 12.4. The third-order valence-corrected chi connectivity index (χ3v) is 9.70. The van der Waals surface area contributed by atoms with Crippen molar-refractivity contribution in [1.29, 1.82) is 0 Å². The minimum absolute atomic E-state index is 0.324. The second-order valence-electron chi connectivity index (χ2n) is 11.3. The van der Waals surface area contributed by atoms with Crippen LogP contribution in [0.4, 0.5) is 0 Å². The Kier molecular flexibility index (Phi) is 3.80. The van der Waals surface area contributed by atoms with E-state index in [9.17, 15) is 4.79 Å². The van der Waals surface area contributed by atoms with Crippen molar-refractivity contribution in [2.24, 2.45) is 45.8 Å². The van der Waals surface area contributed by atoms with Gasteiger partial charge >= 0.3 is 0 Å². The summed E-state index contributed by atoms with van der Waals surface area (Å²) in [5, 5.41) is 0. The van der Waals surface area contributed by atoms with Crippen LogP contribution in [0.15, 0.2) is 0 Å². The molecule has 1 heteroatoms. The van der Waals surface area contributed by atoms with Crippen molar-refractivity contribution in [3.8, 4) is 0 Å². The van der Waals surface area contributed by atoms with Gasteiger partial charge < -0.3 is 0 Å². The lowest BCUT2D eigenvalue weighted by atomic mass is 9.43. The molecule has 0 N–H and O–H groups in total. The van der Waals surface area contributed by atoms with Crippen molar-refractivity contribution in [2.45, 2.75) is 92.4 Å². The highest BCUT2D eigenvalue weighted by Gasteiger charge is 2.61. The molecule has 0 spiro atoms. The first kappa shape index (κ1) is 17.1. The van der Waals surface area contributed by atoms with E-state index in [2.05, 4.69) is 27.7 Å². The summed E-state index contributed by atoms with van der Waals surface area (Å²) >= 11 is 0. The maximum Gasteiger partial charge on any atom is 0.133 e. The second-order valence-corrected chi connectivity index (χ2v) is 11.3. The highest BCUT2D eigenvalue weighted by atomic mass is 16.1. The van der Waals surface area contributed by atoms with Gasteiger partial charge in [0.2, 0.25) is 0 Å². The Morgan fingerprint density at radius 2 is 1.50 bits per heavy atom. The summed E-state index contributed by atoms with van der Waals surface area (Å²) < 4.78 is 0. The molecule has 4 aliphatic carbocycles. The fraction of sp³-hybridized carbons (Fsp3) is 0.957. The van der Waals surface area contributed by atoms with E-state index in [1.54, 1.807) is 0 Å². The molecule has 0 aromatic carbocycles. The van der Waals surface area contributed by atoms with Gasteiger partial charge in [-0.25, -0.2) is 0 Å². The number of hydrogen-bond donors (Lipinski definition) is 0. The fourth-order valence-electron chi connectivity index (χ4n) is 8.30. The van der Waals surface area contributed by atoms with E-state index in [1.807, 2.05) is 6.92 Å². The molecule has 0 saturated heterocycles. The van der Waals surface area contributed by atoms with Crippen LogP contribution in [0.1, 0.15) is 92.4 Å². The molecule has 24 heavy (non-hydrogen) atoms. The molecular weight excluding hydrogens is 292 g/mol. The summed E-state index contributed by atoms with van der Waals surface area (Å²) in [6, 6.07) is 0. The van der Waals surface area contributed by atoms with Crippen LogP contribution >= 0.6 is 0 Å². The SMILES string of the molecule is CC(=O)C1CC[C@H]2C3CC[C@H]4CC(C)(C)CC[C@]4(C)C3CC[C@]12C. The van der Waals surface area contributed by atoms with Crippen molar-refractivity contribution in [2.75, 3.05) is 0 Å². The number of hydrogen-bond acceptors (Lipinski definition) is 1. The first-order chi connectivity index (χ1) is 11.2. The molecule has 1 nitrogen and oxygen atoms in total. The Hall–Kier alpha value is -0.330. The number of fused-ring (bicyclic) bond motifs is 5. The molecule has 136 valence electrons. The number of Topliss-reactive ketones (excluding diaryl/α,β-unsaturated/α-hetero) is 1. The second kappa shape index (κ2) is 5.34. The van der Waals surface area contributed by atoms with Gasteiger partial charge in [-0.1, -0.05) is 27.7 Å². The Morgan fingerprint density at radius 3 is 2.21 bits per heavy atom. The smallest absolute Gasteiger partial charge is 0.133 e. The first-order valence-electron chi connectivity index (χ1n) is 10.7. The quantitative estimate of drug-likeness (QED) is 0.554. The van der Waals surface area contributed by atoms with E-state index in [-0.39, 0.29) is 0 Å². The standard InChI is InChI=1S/C23H38O/c1-15(24)18-8-9-19-17-7-6-16-14-21(2,3)12-13-22(16,4)20(17)10-11-23(18,19)5/h16-20H,6-14H2,1-5H3/t16-,17?,18?,19-,20?,22-,23+/m0/s1. The number of carbonyl (C=O) groups is 1. The van der Waals surface area contributed by atoms with Gasteiger partial charge in [-0.2, -0.15) is 0 Å². The zero-order valence-corrected chi connectivity index (χ0v) is 16.7. The van der Waals surface area contributed by atoms with Crippen LogP contribution in [0, 0.1) is 45.8 Å². The summed E-state index contributed by atoms with van der Waals surface area (Å²) in [6.45, 7) is 12.0. The van der Waals surface area contributed by atoms with Gasteiger partial charge in [-0.3, -0.25) is 4.79 Å². The lowest BCUT2D eigenvalue weighted by Gasteiger charge is -2.62. The summed E-state index contributed by atoms with van der Waals surface area (Å²) in [5.74, 6) is 4.47. The highest BCUT2D eigenvalue weighted by Crippen LogP contribution is 2.68. The molecule has 4 saturated carbocycles. The topological polar surface area (TPSA) is 17.1 Å². The summed E-state index contributed by atoms with van der Waals surface area (Å²) in [5.41, 5.74) is 1.48. The molecule has 0 amide bonds. The van der Waals surface area contributed by atoms with Crippen molar-refractivity contribution < 1.29 is 4.79 Å². The molecule has 0 bridgehead atoms. The van der Waals surface area contributed by atoms with Gasteiger partial charge in [0.1, 0.15) is 5.78 Å². The van der Waals surface area contributed by atoms with Crippen molar-refractivity contribution >= 4 is 5.78 Å². The zero-order chi connectivity index (χ0) is 17.3. The number of carbonyl (C=O) groups excluding carboxylic acids is 1. The zero-order valence-electron chi connectivity index (χ0n) is 16.7. The molecule has 7 atom stereocenters. The molecular formula is C23H38O. The highest BCUT2D eigenvalue weighted by molar-refractivity contribution is 5.79. The average Bonchev–Trinajstić information content (AvgIpc) is 2.85. The molecule has 4 aliphatic rings. The van der Waals surface area contributed by atoms with Crippen LogP contribution in [0.5, 0.6) is 0 Å². The van der Waals surface area contributed by atoms with Crippen molar-refractivity contribution in [3.05, 3.63) is 0 Å². The Bertz CT molecular complexity index is 534. The molecule has 0 aromatic rings. The van der Waals surface area contributed by atoms with Crippen LogP contribution in [0.25, 0.3) is 0 Å². The maximum absolute atomic E-state index is 12.2. The van der Waals surface area contributed by atoms with Crippen LogP contribution in [0.2, 0.25) is 0 Å². The third-order valence-electron chi connectivity index (χ3n) is 9.70. The molecule has 4 rings (SSSR count). The van der Waals surface area contributed by atoms with E-state index >= 15 is 0 Å². The molecule has 4 fully saturated rings. The van der Waals surface area contributed by atoms with E-state index in [1.165, 1.54) is 57.8 Å². The normalized spacial score (nSPS) is 53.0. The van der Waals surface area contributed by atoms with Crippen LogP contribution in [-0.2, 0) is 4.79 Å². The van der Waals surface area contributed by atoms with Crippen molar-refractivity contribution in [3.63, 3.8) is 0 Å². The number of ketones is 1. The molecule has 0 radical (unpaired) electrons. The lowest BCUT2D eigenvalue weighted by Crippen LogP contribution is -2.54. The minimum atomic E-state index is 0.324. The van der Waals surface area contributed by atoms with Crippen LogP contribution in [-0.4, -0.2) is 5.78 Å². The predicted molar refractivity (Wildman–Crippen MR) is 99.7 cm³/mol. The van der Waals surface area contributed by atoms with Crippen LogP contribution < -0.4 is 0 Å². The van der Waals surface area contributed by atoms with Crippen molar-refractivity contribution in [1.82, 2.24) is 0 Å². The molecule has 0 heterocycles. The Balaban J connectivity index is 1.61. The number of rotatable bonds is 1. The largest absolute Gasteiger partial charge is 0.300 e. The van der Waals surface area contributed by atoms with Gasteiger partial charge in [0.25, 0.3) is 0 Å². The fourth-order valence-corrected chi connectivity index (χ4v) is 8.30. The average molecular weight is 331 g/mol. The van der Waals surface area contributed by atoms with Crippen LogP contribution in [0.3, 0.4) is 0 Å². The van der Waals surface area contributed by atoms with Gasteiger partial charge in [-0.05, 0) is 105 Å². The monoisotopic (exact) mass is 330 g/mol. The van der Waals surface area contributed by atoms with Gasteiger partial charge in [0.15, 0.2) is 0 Å².